The van der Waals surface area contributed by atoms with Gasteiger partial charge in [0, 0.05) is 12.5 Å². The molecule has 0 saturated carbocycles. The van der Waals surface area contributed by atoms with Gasteiger partial charge in [-0.3, -0.25) is 9.69 Å². The first-order valence-electron chi connectivity index (χ1n) is 7.22. The Balaban J connectivity index is 1.72. The van der Waals surface area contributed by atoms with Crippen molar-refractivity contribution in [1.82, 2.24) is 10.2 Å². The molecule has 2 rings (SSSR count). The lowest BCUT2D eigenvalue weighted by Gasteiger charge is -2.33. The van der Waals surface area contributed by atoms with E-state index in [-0.39, 0.29) is 0 Å². The summed E-state index contributed by atoms with van der Waals surface area (Å²) in [6.07, 6.45) is 7.04. The number of ketones is 1. The number of hydrogen-bond acceptors (Lipinski definition) is 3. The van der Waals surface area contributed by atoms with Crippen LogP contribution in [-0.4, -0.2) is 42.9 Å². The monoisotopic (exact) mass is 238 g/mol. The van der Waals surface area contributed by atoms with E-state index in [1.807, 2.05) is 0 Å². The fourth-order valence-corrected chi connectivity index (χ4v) is 3.09. The van der Waals surface area contributed by atoms with Crippen molar-refractivity contribution >= 4 is 5.78 Å². The van der Waals surface area contributed by atoms with Crippen LogP contribution in [0.15, 0.2) is 0 Å². The van der Waals surface area contributed by atoms with E-state index in [0.29, 0.717) is 24.3 Å². The molecule has 2 saturated heterocycles. The normalized spacial score (nSPS) is 28.2. The summed E-state index contributed by atoms with van der Waals surface area (Å²) in [4.78, 5) is 14.4. The average molecular weight is 238 g/mol. The number of nitrogens with zero attached hydrogens (tertiary/aromatic N) is 1. The largest absolute Gasteiger partial charge is 0.317 e. The van der Waals surface area contributed by atoms with Gasteiger partial charge in [0.15, 0.2) is 0 Å². The van der Waals surface area contributed by atoms with Crippen molar-refractivity contribution in [1.29, 1.82) is 0 Å². The molecule has 2 fully saturated rings. The van der Waals surface area contributed by atoms with Gasteiger partial charge < -0.3 is 5.32 Å². The summed E-state index contributed by atoms with van der Waals surface area (Å²) in [5.41, 5.74) is 0. The summed E-state index contributed by atoms with van der Waals surface area (Å²) in [5, 5.41) is 3.35. The smallest absolute Gasteiger partial charge is 0.147 e. The highest BCUT2D eigenvalue weighted by Gasteiger charge is 2.22. The van der Waals surface area contributed by atoms with Gasteiger partial charge in [-0.15, -0.1) is 0 Å². The lowest BCUT2D eigenvalue weighted by molar-refractivity contribution is -0.122. The molecule has 1 N–H and O–H groups in total. The lowest BCUT2D eigenvalue weighted by atomic mass is 9.92. The van der Waals surface area contributed by atoms with Gasteiger partial charge in [-0.05, 0) is 58.2 Å². The zero-order valence-corrected chi connectivity index (χ0v) is 11.1. The van der Waals surface area contributed by atoms with Crippen LogP contribution >= 0.6 is 0 Å². The molecule has 1 atom stereocenters. The van der Waals surface area contributed by atoms with Gasteiger partial charge in [0.25, 0.3) is 0 Å². The highest BCUT2D eigenvalue weighted by Crippen LogP contribution is 2.19. The third-order valence-electron chi connectivity index (χ3n) is 4.30. The fourth-order valence-electron chi connectivity index (χ4n) is 3.09. The number of piperidine rings is 2. The maximum Gasteiger partial charge on any atom is 0.147 e. The summed E-state index contributed by atoms with van der Waals surface area (Å²) < 4.78 is 0. The molecule has 0 aromatic rings. The van der Waals surface area contributed by atoms with Crippen molar-refractivity contribution in [3.8, 4) is 0 Å². The second-order valence-electron chi connectivity index (χ2n) is 5.75. The van der Waals surface area contributed by atoms with Gasteiger partial charge in [0.05, 0.1) is 6.54 Å². The maximum atomic E-state index is 12.1. The van der Waals surface area contributed by atoms with Crippen molar-refractivity contribution in [3.63, 3.8) is 0 Å². The van der Waals surface area contributed by atoms with Gasteiger partial charge in [-0.2, -0.15) is 0 Å². The minimum atomic E-state index is 0.464. The number of Topliss-reactive ketones (excluding diaryl/α,β-unsaturated/α-hetero) is 1. The first-order valence-corrected chi connectivity index (χ1v) is 7.22. The molecule has 0 amide bonds. The van der Waals surface area contributed by atoms with Crippen LogP contribution in [0, 0.1) is 5.92 Å². The van der Waals surface area contributed by atoms with Gasteiger partial charge >= 0.3 is 0 Å². The molecule has 17 heavy (non-hydrogen) atoms. The predicted octanol–water partition coefficient (Wildman–Crippen LogP) is 1.82. The third-order valence-corrected chi connectivity index (χ3v) is 4.30. The van der Waals surface area contributed by atoms with Gasteiger partial charge in [0.1, 0.15) is 5.78 Å². The zero-order valence-electron chi connectivity index (χ0n) is 11.1. The fraction of sp³-hybridized carbons (Fsp3) is 0.929. The quantitative estimate of drug-likeness (QED) is 0.811. The first-order chi connectivity index (χ1) is 8.25. The van der Waals surface area contributed by atoms with E-state index >= 15 is 0 Å². The second kappa shape index (κ2) is 6.50. The SMILES string of the molecule is CC1CCCCN1CC(=O)CC1CCNCC1. The van der Waals surface area contributed by atoms with Crippen molar-refractivity contribution in [3.05, 3.63) is 0 Å². The highest BCUT2D eigenvalue weighted by molar-refractivity contribution is 5.80. The summed E-state index contributed by atoms with van der Waals surface area (Å²) in [7, 11) is 0. The molecule has 3 nitrogen and oxygen atoms in total. The first kappa shape index (κ1) is 13.0. The Morgan fingerprint density at radius 2 is 2.00 bits per heavy atom. The topological polar surface area (TPSA) is 32.3 Å². The van der Waals surface area contributed by atoms with Gasteiger partial charge in [0.2, 0.25) is 0 Å². The third kappa shape index (κ3) is 4.07. The van der Waals surface area contributed by atoms with Crippen LogP contribution in [-0.2, 0) is 4.79 Å². The Bertz CT molecular complexity index is 249. The summed E-state index contributed by atoms with van der Waals surface area (Å²) >= 11 is 0. The molecule has 98 valence electrons. The Hall–Kier alpha value is -0.410. The summed E-state index contributed by atoms with van der Waals surface area (Å²) in [6.45, 7) is 6.28. The van der Waals surface area contributed by atoms with E-state index in [0.717, 1.165) is 26.1 Å². The Morgan fingerprint density at radius 3 is 2.71 bits per heavy atom. The van der Waals surface area contributed by atoms with E-state index in [9.17, 15) is 4.79 Å². The Kier molecular flexibility index (Phi) is 4.99. The summed E-state index contributed by atoms with van der Waals surface area (Å²) in [5.74, 6) is 1.11. The molecule has 0 bridgehead atoms. The predicted molar refractivity (Wildman–Crippen MR) is 70.1 cm³/mol. The number of nitrogens with one attached hydrogen (secondary N) is 1. The van der Waals surface area contributed by atoms with E-state index in [2.05, 4.69) is 17.1 Å². The number of rotatable bonds is 4. The Labute approximate surface area is 105 Å². The summed E-state index contributed by atoms with van der Waals surface area (Å²) in [6, 6.07) is 0.612. The number of likely N-dealkylation sites (tertiary alicyclic amines) is 1. The molecule has 0 aromatic heterocycles. The van der Waals surface area contributed by atoms with Gasteiger partial charge in [-0.25, -0.2) is 0 Å². The molecular weight excluding hydrogens is 212 g/mol. The molecular formula is C14H26N2O. The van der Waals surface area contributed by atoms with E-state index in [4.69, 9.17) is 0 Å². The van der Waals surface area contributed by atoms with Crippen LogP contribution < -0.4 is 5.32 Å². The highest BCUT2D eigenvalue weighted by atomic mass is 16.1. The van der Waals surface area contributed by atoms with Crippen molar-refractivity contribution in [2.75, 3.05) is 26.2 Å². The lowest BCUT2D eigenvalue weighted by Crippen LogP contribution is -2.41. The van der Waals surface area contributed by atoms with Crippen molar-refractivity contribution in [2.24, 2.45) is 5.92 Å². The average Bonchev–Trinajstić information content (AvgIpc) is 2.33. The molecule has 2 heterocycles. The van der Waals surface area contributed by atoms with Crippen molar-refractivity contribution < 1.29 is 4.79 Å². The van der Waals surface area contributed by atoms with Crippen LogP contribution in [0.25, 0.3) is 0 Å². The Morgan fingerprint density at radius 1 is 1.24 bits per heavy atom. The number of carbonyl (C=O) groups excluding carboxylic acids is 1. The molecule has 0 radical (unpaired) electrons. The standard InChI is InChI=1S/C14H26N2O/c1-12-4-2-3-9-16(12)11-14(17)10-13-5-7-15-8-6-13/h12-13,15H,2-11H2,1H3. The van der Waals surface area contributed by atoms with Crippen LogP contribution in [0.1, 0.15) is 45.4 Å². The zero-order chi connectivity index (χ0) is 12.1. The van der Waals surface area contributed by atoms with Crippen LogP contribution in [0.2, 0.25) is 0 Å². The van der Waals surface area contributed by atoms with E-state index < -0.39 is 0 Å². The van der Waals surface area contributed by atoms with Crippen LogP contribution in [0.5, 0.6) is 0 Å². The van der Waals surface area contributed by atoms with Gasteiger partial charge in [-0.1, -0.05) is 6.42 Å². The number of carbonyl (C=O) groups is 1. The molecule has 2 aliphatic heterocycles. The molecule has 2 aliphatic rings. The number of hydrogen-bond donors (Lipinski definition) is 1. The second-order valence-corrected chi connectivity index (χ2v) is 5.75. The minimum Gasteiger partial charge on any atom is -0.317 e. The maximum absolute atomic E-state index is 12.1. The van der Waals surface area contributed by atoms with Crippen LogP contribution in [0.4, 0.5) is 0 Å². The van der Waals surface area contributed by atoms with Crippen molar-refractivity contribution in [2.45, 2.75) is 51.5 Å². The van der Waals surface area contributed by atoms with E-state index in [1.165, 1.54) is 32.1 Å². The molecule has 3 heteroatoms. The molecule has 0 aromatic carbocycles. The minimum absolute atomic E-state index is 0.464. The molecule has 1 unspecified atom stereocenters. The molecule has 0 spiro atoms. The van der Waals surface area contributed by atoms with Crippen LogP contribution in [0.3, 0.4) is 0 Å². The van der Waals surface area contributed by atoms with E-state index in [1.54, 1.807) is 0 Å². The molecule has 0 aliphatic carbocycles.